The van der Waals surface area contributed by atoms with Crippen LogP contribution in [-0.2, 0) is 17.5 Å². The van der Waals surface area contributed by atoms with Crippen molar-refractivity contribution in [3.05, 3.63) is 71.8 Å². The fraction of sp³-hybridized carbons (Fsp3) is 0.389. The highest BCUT2D eigenvalue weighted by atomic mass is 32.1. The second-order valence-corrected chi connectivity index (χ2v) is 15.3. The topological polar surface area (TPSA) is 112 Å². The predicted molar refractivity (Wildman–Crippen MR) is 182 cm³/mol. The normalized spacial score (nSPS) is 22.9. The summed E-state index contributed by atoms with van der Waals surface area (Å²) >= 11 is 1.22. The molecule has 1 N–H and O–H groups in total. The molecule has 1 aromatic carbocycles. The largest absolute Gasteiger partial charge is 0.465 e. The third-order valence-electron chi connectivity index (χ3n) is 11.0. The molecule has 4 aliphatic carbocycles. The molecule has 0 saturated heterocycles. The SMILES string of the molecule is COC(=O)c1c(-c2cnn(CC34CC5CC(CC(C5)C3)C4)c2C)ccn2c(-c3cc(C(F)(F)F)c(Nc4nc5ccccc5s4)nn3)cnc12. The molecular formula is C36H33F3N8O2S. The van der Waals surface area contributed by atoms with Crippen molar-refractivity contribution in [1.29, 1.82) is 0 Å². The molecule has 4 bridgehead atoms. The van der Waals surface area contributed by atoms with Gasteiger partial charge in [-0.1, -0.05) is 23.5 Å². The summed E-state index contributed by atoms with van der Waals surface area (Å²) in [4.78, 5) is 22.2. The number of nitrogens with one attached hydrogen (secondary N) is 1. The average Bonchev–Trinajstić information content (AvgIpc) is 3.79. The maximum atomic E-state index is 14.4. The number of esters is 1. The molecule has 10 rings (SSSR count). The third-order valence-corrected chi connectivity index (χ3v) is 11.9. The number of pyridine rings is 1. The maximum absolute atomic E-state index is 14.4. The Morgan fingerprint density at radius 2 is 1.78 bits per heavy atom. The molecule has 0 atom stereocenters. The highest BCUT2D eigenvalue weighted by molar-refractivity contribution is 7.22. The Hall–Kier alpha value is -4.85. The van der Waals surface area contributed by atoms with Crippen molar-refractivity contribution in [2.24, 2.45) is 23.2 Å². The van der Waals surface area contributed by atoms with Crippen LogP contribution in [0.5, 0.6) is 0 Å². The van der Waals surface area contributed by atoms with Crippen LogP contribution in [0.15, 0.2) is 55.0 Å². The van der Waals surface area contributed by atoms with Gasteiger partial charge in [0.2, 0.25) is 0 Å². The van der Waals surface area contributed by atoms with Gasteiger partial charge in [-0.25, -0.2) is 14.8 Å². The third kappa shape index (κ3) is 5.14. The van der Waals surface area contributed by atoms with Crippen LogP contribution in [0.25, 0.3) is 38.4 Å². The van der Waals surface area contributed by atoms with E-state index < -0.39 is 23.5 Å². The number of rotatable bonds is 7. The minimum absolute atomic E-state index is 0.0668. The number of methoxy groups -OCH3 is 1. The summed E-state index contributed by atoms with van der Waals surface area (Å²) < 4.78 is 52.9. The van der Waals surface area contributed by atoms with Crippen molar-refractivity contribution in [3.8, 4) is 22.5 Å². The summed E-state index contributed by atoms with van der Waals surface area (Å²) in [7, 11) is 1.29. The molecule has 256 valence electrons. The number of para-hydroxylation sites is 1. The number of benzene rings is 1. The first-order chi connectivity index (χ1) is 24.1. The zero-order valence-electron chi connectivity index (χ0n) is 27.4. The monoisotopic (exact) mass is 698 g/mol. The first-order valence-electron chi connectivity index (χ1n) is 16.8. The zero-order valence-corrected chi connectivity index (χ0v) is 28.2. The molecule has 14 heteroatoms. The second kappa shape index (κ2) is 11.3. The first kappa shape index (κ1) is 31.2. The van der Waals surface area contributed by atoms with E-state index in [4.69, 9.17) is 9.84 Å². The van der Waals surface area contributed by atoms with E-state index in [1.807, 2.05) is 25.1 Å². The van der Waals surface area contributed by atoms with Crippen molar-refractivity contribution >= 4 is 44.1 Å². The van der Waals surface area contributed by atoms with Gasteiger partial charge in [0.05, 0.1) is 35.4 Å². The number of carbonyl (C=O) groups is 1. The molecule has 5 heterocycles. The Balaban J connectivity index is 1.07. The molecule has 4 saturated carbocycles. The number of fused-ring (bicyclic) bond motifs is 2. The Bertz CT molecular complexity index is 2240. The molecule has 6 aromatic rings. The van der Waals surface area contributed by atoms with Crippen molar-refractivity contribution in [2.45, 2.75) is 58.2 Å². The highest BCUT2D eigenvalue weighted by Crippen LogP contribution is 2.60. The van der Waals surface area contributed by atoms with Crippen molar-refractivity contribution < 1.29 is 22.7 Å². The number of imidazole rings is 1. The van der Waals surface area contributed by atoms with E-state index >= 15 is 0 Å². The molecule has 50 heavy (non-hydrogen) atoms. The molecule has 0 unspecified atom stereocenters. The summed E-state index contributed by atoms with van der Waals surface area (Å²) in [5.41, 5.74) is 2.82. The highest BCUT2D eigenvalue weighted by Gasteiger charge is 2.51. The lowest BCUT2D eigenvalue weighted by molar-refractivity contribution is -0.137. The Kier molecular flexibility index (Phi) is 7.06. The lowest BCUT2D eigenvalue weighted by atomic mass is 9.49. The zero-order chi connectivity index (χ0) is 34.4. The number of anilines is 2. The second-order valence-electron chi connectivity index (χ2n) is 14.3. The van der Waals surface area contributed by atoms with E-state index in [1.165, 1.54) is 67.6 Å². The quantitative estimate of drug-likeness (QED) is 0.166. The summed E-state index contributed by atoms with van der Waals surface area (Å²) in [6, 6.07) is 9.95. The van der Waals surface area contributed by atoms with Gasteiger partial charge in [0, 0.05) is 29.6 Å². The van der Waals surface area contributed by atoms with Crippen LogP contribution in [0.1, 0.15) is 60.1 Å². The fourth-order valence-electron chi connectivity index (χ4n) is 9.29. The molecule has 4 fully saturated rings. The molecule has 10 nitrogen and oxygen atoms in total. The van der Waals surface area contributed by atoms with Gasteiger partial charge in [0.25, 0.3) is 0 Å². The number of hydrogen-bond donors (Lipinski definition) is 1. The van der Waals surface area contributed by atoms with Crippen LogP contribution >= 0.6 is 11.3 Å². The van der Waals surface area contributed by atoms with E-state index in [2.05, 4.69) is 30.2 Å². The number of halogens is 3. The van der Waals surface area contributed by atoms with Crippen LogP contribution in [0.2, 0.25) is 0 Å². The molecule has 4 aliphatic rings. The van der Waals surface area contributed by atoms with E-state index in [9.17, 15) is 18.0 Å². The van der Waals surface area contributed by atoms with Crippen LogP contribution in [0.4, 0.5) is 24.1 Å². The van der Waals surface area contributed by atoms with E-state index in [1.54, 1.807) is 24.5 Å². The number of nitrogens with zero attached hydrogens (tertiary/aromatic N) is 7. The summed E-state index contributed by atoms with van der Waals surface area (Å²) in [5.74, 6) is 1.38. The number of ether oxygens (including phenoxy) is 1. The summed E-state index contributed by atoms with van der Waals surface area (Å²) in [6.45, 7) is 2.87. The van der Waals surface area contributed by atoms with Gasteiger partial charge in [0.1, 0.15) is 16.8 Å². The van der Waals surface area contributed by atoms with Crippen molar-refractivity contribution in [1.82, 2.24) is 34.3 Å². The summed E-state index contributed by atoms with van der Waals surface area (Å²) in [5, 5.41) is 15.9. The van der Waals surface area contributed by atoms with Crippen LogP contribution in [0.3, 0.4) is 0 Å². The maximum Gasteiger partial charge on any atom is 0.420 e. The van der Waals surface area contributed by atoms with Gasteiger partial charge < -0.3 is 10.1 Å². The smallest absolute Gasteiger partial charge is 0.420 e. The Morgan fingerprint density at radius 1 is 1.04 bits per heavy atom. The lowest BCUT2D eigenvalue weighted by Gasteiger charge is -2.56. The standard InChI is InChI=1S/C36H33F3N8O2S/c1-19-24(16-41-47(19)18-35-13-20-9-21(14-35)11-22(10-20)15-35)23-7-8-46-28(17-40-32(46)30(23)33(48)49-2)27-12-25(36(37,38)39)31(45-44-27)43-34-42-26-5-3-4-6-29(26)50-34/h3-8,12,16-17,20-22H,9-11,13-15,18H2,1-2H3,(H,42,43,45). The van der Waals surface area contributed by atoms with Crippen LogP contribution < -0.4 is 5.32 Å². The van der Waals surface area contributed by atoms with E-state index in [0.29, 0.717) is 11.1 Å². The van der Waals surface area contributed by atoms with Gasteiger partial charge in [-0.05, 0) is 92.9 Å². The predicted octanol–water partition coefficient (Wildman–Crippen LogP) is 8.34. The Labute approximate surface area is 288 Å². The Morgan fingerprint density at radius 3 is 2.48 bits per heavy atom. The summed E-state index contributed by atoms with van der Waals surface area (Å²) in [6.07, 6.45) is 7.96. The van der Waals surface area contributed by atoms with Gasteiger partial charge in [-0.15, -0.1) is 10.2 Å². The fourth-order valence-corrected chi connectivity index (χ4v) is 10.2. The lowest BCUT2D eigenvalue weighted by Crippen LogP contribution is -2.48. The van der Waals surface area contributed by atoms with Crippen LogP contribution in [-0.4, -0.2) is 47.4 Å². The van der Waals surface area contributed by atoms with Gasteiger partial charge in [-0.3, -0.25) is 9.08 Å². The number of alkyl halides is 3. The molecule has 0 aliphatic heterocycles. The molecule has 0 spiro atoms. The van der Waals surface area contributed by atoms with Gasteiger partial charge >= 0.3 is 12.1 Å². The number of thiazole rings is 1. The molecular weight excluding hydrogens is 666 g/mol. The minimum atomic E-state index is -4.75. The van der Waals surface area contributed by atoms with Crippen molar-refractivity contribution in [3.63, 3.8) is 0 Å². The van der Waals surface area contributed by atoms with Gasteiger partial charge in [0.15, 0.2) is 16.6 Å². The number of carbonyl (C=O) groups excluding carboxylic acids is 1. The average molecular weight is 699 g/mol. The number of aromatic nitrogens is 7. The first-order valence-corrected chi connectivity index (χ1v) is 17.6. The molecule has 0 radical (unpaired) electrons. The molecule has 5 aromatic heterocycles. The van der Waals surface area contributed by atoms with Crippen molar-refractivity contribution in [2.75, 3.05) is 12.4 Å². The van der Waals surface area contributed by atoms with Crippen LogP contribution in [0, 0.1) is 30.1 Å². The number of hydrogen-bond acceptors (Lipinski definition) is 9. The molecule has 0 amide bonds. The van der Waals surface area contributed by atoms with E-state index in [-0.39, 0.29) is 33.1 Å². The van der Waals surface area contributed by atoms with Gasteiger partial charge in [-0.2, -0.15) is 18.3 Å². The minimum Gasteiger partial charge on any atom is -0.465 e. The van der Waals surface area contributed by atoms with E-state index in [0.717, 1.165) is 46.3 Å².